The summed E-state index contributed by atoms with van der Waals surface area (Å²) in [4.78, 5) is 48.6. The number of H-pyrrole nitrogens is 1. The molecule has 8 heteroatoms. The topological polar surface area (TPSA) is 107 Å². The SMILES string of the molecule is C[C@@H](NC(=O)[C@H](CC(=O)N1CCCC[C@@H]1C)NC(=O)CCC(C)(C)C)c1nc2ccccc2[nH]1. The molecule has 0 unspecified atom stereocenters. The van der Waals surface area contributed by atoms with Crippen LogP contribution in [0, 0.1) is 5.41 Å². The van der Waals surface area contributed by atoms with E-state index in [-0.39, 0.29) is 35.6 Å². The largest absolute Gasteiger partial charge is 0.345 e. The molecule has 0 bridgehead atoms. The summed E-state index contributed by atoms with van der Waals surface area (Å²) < 4.78 is 0. The summed E-state index contributed by atoms with van der Waals surface area (Å²) in [5.41, 5.74) is 1.71. The average Bonchev–Trinajstić information content (AvgIpc) is 3.21. The number of fused-ring (bicyclic) bond motifs is 1. The van der Waals surface area contributed by atoms with Crippen LogP contribution >= 0.6 is 0 Å². The van der Waals surface area contributed by atoms with Crippen LogP contribution in [0.15, 0.2) is 24.3 Å². The molecule has 3 atom stereocenters. The van der Waals surface area contributed by atoms with Gasteiger partial charge in [-0.05, 0) is 57.1 Å². The van der Waals surface area contributed by atoms with E-state index < -0.39 is 12.1 Å². The summed E-state index contributed by atoms with van der Waals surface area (Å²) in [7, 11) is 0. The maximum Gasteiger partial charge on any atom is 0.243 e. The lowest BCUT2D eigenvalue weighted by Gasteiger charge is -2.34. The fourth-order valence-corrected chi connectivity index (χ4v) is 4.28. The van der Waals surface area contributed by atoms with Gasteiger partial charge in [0.05, 0.1) is 23.5 Å². The van der Waals surface area contributed by atoms with Crippen LogP contribution in [0.1, 0.15) is 85.0 Å². The number of hydrogen-bond donors (Lipinski definition) is 3. The molecule has 1 saturated heterocycles. The van der Waals surface area contributed by atoms with Crippen LogP contribution < -0.4 is 10.6 Å². The highest BCUT2D eigenvalue weighted by molar-refractivity contribution is 5.92. The number of aromatic amines is 1. The molecule has 34 heavy (non-hydrogen) atoms. The van der Waals surface area contributed by atoms with E-state index in [4.69, 9.17) is 0 Å². The first-order chi connectivity index (χ1) is 16.0. The van der Waals surface area contributed by atoms with Crippen LogP contribution in [-0.4, -0.2) is 51.2 Å². The first-order valence-corrected chi connectivity index (χ1v) is 12.4. The number of aromatic nitrogens is 2. The lowest BCUT2D eigenvalue weighted by Crippen LogP contribution is -2.51. The third kappa shape index (κ3) is 7.05. The minimum Gasteiger partial charge on any atom is -0.345 e. The number of nitrogens with one attached hydrogen (secondary N) is 3. The zero-order valence-corrected chi connectivity index (χ0v) is 21.1. The van der Waals surface area contributed by atoms with Crippen LogP contribution in [0.5, 0.6) is 0 Å². The van der Waals surface area contributed by atoms with Gasteiger partial charge in [0.15, 0.2) is 0 Å². The summed E-state index contributed by atoms with van der Waals surface area (Å²) in [5, 5.41) is 5.76. The van der Waals surface area contributed by atoms with Gasteiger partial charge >= 0.3 is 0 Å². The van der Waals surface area contributed by atoms with E-state index >= 15 is 0 Å². The van der Waals surface area contributed by atoms with E-state index in [2.05, 4.69) is 41.4 Å². The molecule has 0 saturated carbocycles. The van der Waals surface area contributed by atoms with Crippen LogP contribution in [0.2, 0.25) is 0 Å². The number of para-hydroxylation sites is 2. The van der Waals surface area contributed by atoms with Crippen LogP contribution in [0.3, 0.4) is 0 Å². The number of imidazole rings is 1. The molecule has 3 amide bonds. The van der Waals surface area contributed by atoms with E-state index in [1.165, 1.54) is 0 Å². The second-order valence-corrected chi connectivity index (χ2v) is 10.7. The van der Waals surface area contributed by atoms with Crippen LogP contribution in [-0.2, 0) is 14.4 Å². The summed E-state index contributed by atoms with van der Waals surface area (Å²) in [6, 6.07) is 6.48. The summed E-state index contributed by atoms with van der Waals surface area (Å²) >= 11 is 0. The molecule has 1 aromatic heterocycles. The highest BCUT2D eigenvalue weighted by Crippen LogP contribution is 2.21. The highest BCUT2D eigenvalue weighted by atomic mass is 16.2. The van der Waals surface area contributed by atoms with Gasteiger partial charge in [0, 0.05) is 19.0 Å². The zero-order valence-electron chi connectivity index (χ0n) is 21.1. The normalized spacial score (nSPS) is 18.4. The van der Waals surface area contributed by atoms with Crippen molar-refractivity contribution in [1.82, 2.24) is 25.5 Å². The molecule has 1 fully saturated rings. The number of rotatable bonds is 8. The molecular formula is C26H39N5O3. The van der Waals surface area contributed by atoms with E-state index in [1.54, 1.807) is 0 Å². The van der Waals surface area contributed by atoms with Gasteiger partial charge in [-0.1, -0.05) is 32.9 Å². The zero-order chi connectivity index (χ0) is 24.9. The van der Waals surface area contributed by atoms with Gasteiger partial charge in [0.25, 0.3) is 0 Å². The Morgan fingerprint density at radius 2 is 1.91 bits per heavy atom. The summed E-state index contributed by atoms with van der Waals surface area (Å²) in [5.74, 6) is -0.0655. The van der Waals surface area contributed by atoms with Crippen LogP contribution in [0.25, 0.3) is 11.0 Å². The molecular weight excluding hydrogens is 430 g/mol. The number of likely N-dealkylation sites (tertiary alicyclic amines) is 1. The minimum atomic E-state index is -0.930. The molecule has 0 aliphatic carbocycles. The van der Waals surface area contributed by atoms with Gasteiger partial charge in [-0.3, -0.25) is 14.4 Å². The second kappa shape index (κ2) is 11.0. The van der Waals surface area contributed by atoms with Gasteiger partial charge in [0.2, 0.25) is 17.7 Å². The third-order valence-corrected chi connectivity index (χ3v) is 6.43. The summed E-state index contributed by atoms with van der Waals surface area (Å²) in [6.45, 7) is 10.8. The van der Waals surface area contributed by atoms with E-state index in [1.807, 2.05) is 43.0 Å². The van der Waals surface area contributed by atoms with E-state index in [0.29, 0.717) is 25.2 Å². The van der Waals surface area contributed by atoms with Crippen molar-refractivity contribution in [1.29, 1.82) is 0 Å². The summed E-state index contributed by atoms with van der Waals surface area (Å²) in [6.07, 6.45) is 3.98. The molecule has 1 aromatic carbocycles. The monoisotopic (exact) mass is 469 g/mol. The fourth-order valence-electron chi connectivity index (χ4n) is 4.28. The van der Waals surface area contributed by atoms with Crippen molar-refractivity contribution in [2.75, 3.05) is 6.54 Å². The molecule has 0 spiro atoms. The maximum atomic E-state index is 13.2. The van der Waals surface area contributed by atoms with Crippen molar-refractivity contribution in [2.45, 2.75) is 91.3 Å². The number of hydrogen-bond acceptors (Lipinski definition) is 4. The van der Waals surface area contributed by atoms with Crippen molar-refractivity contribution in [2.24, 2.45) is 5.41 Å². The maximum absolute atomic E-state index is 13.2. The van der Waals surface area contributed by atoms with E-state index in [9.17, 15) is 14.4 Å². The Labute approximate surface area is 202 Å². The minimum absolute atomic E-state index is 0.00392. The quantitative estimate of drug-likeness (QED) is 0.546. The smallest absolute Gasteiger partial charge is 0.243 e. The van der Waals surface area contributed by atoms with Gasteiger partial charge < -0.3 is 20.5 Å². The Morgan fingerprint density at radius 3 is 2.59 bits per heavy atom. The van der Waals surface area contributed by atoms with Crippen molar-refractivity contribution in [3.63, 3.8) is 0 Å². The number of nitrogens with zero attached hydrogens (tertiary/aromatic N) is 2. The number of benzene rings is 1. The predicted octanol–water partition coefficient (Wildman–Crippen LogP) is 3.84. The van der Waals surface area contributed by atoms with Gasteiger partial charge in [-0.15, -0.1) is 0 Å². The van der Waals surface area contributed by atoms with E-state index in [0.717, 1.165) is 30.3 Å². The van der Waals surface area contributed by atoms with Crippen LogP contribution in [0.4, 0.5) is 0 Å². The molecule has 2 aromatic rings. The molecule has 3 N–H and O–H groups in total. The van der Waals surface area contributed by atoms with Gasteiger partial charge in [0.1, 0.15) is 11.9 Å². The Bertz CT molecular complexity index is 976. The van der Waals surface area contributed by atoms with Crippen molar-refractivity contribution in [3.05, 3.63) is 30.1 Å². The molecule has 1 aliphatic rings. The number of amides is 3. The Kier molecular flexibility index (Phi) is 8.33. The second-order valence-electron chi connectivity index (χ2n) is 10.7. The van der Waals surface area contributed by atoms with Gasteiger partial charge in [-0.2, -0.15) is 0 Å². The molecule has 3 rings (SSSR count). The van der Waals surface area contributed by atoms with Gasteiger partial charge in [-0.25, -0.2) is 4.98 Å². The number of carbonyl (C=O) groups is 3. The molecule has 2 heterocycles. The molecule has 8 nitrogen and oxygen atoms in total. The lowest BCUT2D eigenvalue weighted by atomic mass is 9.90. The van der Waals surface area contributed by atoms with Crippen molar-refractivity contribution < 1.29 is 14.4 Å². The lowest BCUT2D eigenvalue weighted by molar-refractivity contribution is -0.138. The number of piperidine rings is 1. The third-order valence-electron chi connectivity index (χ3n) is 6.43. The standard InChI is InChI=1S/C26H39N5O3/c1-17-10-8-9-15-31(17)23(33)16-21(28-22(32)13-14-26(3,4)5)25(34)27-18(2)24-29-19-11-6-7-12-20(19)30-24/h6-7,11-12,17-18,21H,8-10,13-16H2,1-5H3,(H,27,34)(H,28,32)(H,29,30)/t17-,18+,21-/m0/s1. The Balaban J connectivity index is 1.70. The van der Waals surface area contributed by atoms with Crippen molar-refractivity contribution >= 4 is 28.8 Å². The molecule has 186 valence electrons. The molecule has 0 radical (unpaired) electrons. The number of carbonyl (C=O) groups excluding carboxylic acids is 3. The Hall–Kier alpha value is -2.90. The first kappa shape index (κ1) is 25.7. The van der Waals surface area contributed by atoms with Crippen molar-refractivity contribution in [3.8, 4) is 0 Å². The highest BCUT2D eigenvalue weighted by Gasteiger charge is 2.30. The predicted molar refractivity (Wildman–Crippen MR) is 133 cm³/mol. The average molecular weight is 470 g/mol. The first-order valence-electron chi connectivity index (χ1n) is 12.4. The molecule has 1 aliphatic heterocycles. The Morgan fingerprint density at radius 1 is 1.18 bits per heavy atom. The fraction of sp³-hybridized carbons (Fsp3) is 0.615.